The molecule has 1 saturated heterocycles. The highest BCUT2D eigenvalue weighted by atomic mass is 16.5. The number of carbonyl (C=O) groups excluding carboxylic acids is 1. The number of carbonyl (C=O) groups is 1. The van der Waals surface area contributed by atoms with Crippen molar-refractivity contribution in [3.8, 4) is 11.4 Å². The number of nitrogens with one attached hydrogen (secondary N) is 1. The van der Waals surface area contributed by atoms with E-state index in [4.69, 9.17) is 25.4 Å². The number of nitrogens with zero attached hydrogens (tertiary/aromatic N) is 8. The van der Waals surface area contributed by atoms with Crippen LogP contribution in [-0.4, -0.2) is 80.7 Å². The Morgan fingerprint density at radius 1 is 1.08 bits per heavy atom. The predicted octanol–water partition coefficient (Wildman–Crippen LogP) is 1.71. The van der Waals surface area contributed by atoms with Crippen molar-refractivity contribution < 1.29 is 9.53 Å². The molecule has 1 aliphatic heterocycles. The molecule has 1 fully saturated rings. The van der Waals surface area contributed by atoms with Crippen molar-refractivity contribution in [1.82, 2.24) is 39.7 Å². The van der Waals surface area contributed by atoms with E-state index in [1.165, 1.54) is 0 Å². The zero-order chi connectivity index (χ0) is 26.6. The summed E-state index contributed by atoms with van der Waals surface area (Å²) >= 11 is 0. The Hall–Kier alpha value is -4.16. The van der Waals surface area contributed by atoms with Crippen molar-refractivity contribution in [2.45, 2.75) is 26.6 Å². The molecule has 0 unspecified atom stereocenters. The van der Waals surface area contributed by atoms with E-state index in [1.54, 1.807) is 19.4 Å². The van der Waals surface area contributed by atoms with Crippen LogP contribution >= 0.6 is 0 Å². The number of aryl methyl sites for hydroxylation is 1. The highest BCUT2D eigenvalue weighted by molar-refractivity contribution is 5.94. The average molecular weight is 517 g/mol. The molecule has 0 aliphatic carbocycles. The second kappa shape index (κ2) is 11.1. The lowest BCUT2D eigenvalue weighted by Gasteiger charge is -2.28. The van der Waals surface area contributed by atoms with Crippen LogP contribution in [-0.2, 0) is 24.4 Å². The van der Waals surface area contributed by atoms with Crippen molar-refractivity contribution in [2.24, 2.45) is 0 Å². The third kappa shape index (κ3) is 5.27. The van der Waals surface area contributed by atoms with Crippen LogP contribution in [0.3, 0.4) is 0 Å². The summed E-state index contributed by atoms with van der Waals surface area (Å²) in [6.07, 6.45) is 3.28. The molecule has 0 radical (unpaired) electrons. The molecule has 4 heterocycles. The van der Waals surface area contributed by atoms with Crippen LogP contribution in [0.2, 0.25) is 0 Å². The number of nitrogen functional groups attached to an aromatic ring is 1. The molecule has 0 spiro atoms. The summed E-state index contributed by atoms with van der Waals surface area (Å²) in [5.74, 6) is 2.33. The fraction of sp³-hybridized carbons (Fsp3) is 0.385. The van der Waals surface area contributed by atoms with Crippen molar-refractivity contribution in [2.75, 3.05) is 51.0 Å². The van der Waals surface area contributed by atoms with Crippen LogP contribution in [0.15, 0.2) is 36.7 Å². The first kappa shape index (κ1) is 25.5. The maximum absolute atomic E-state index is 11.8. The number of hydrogen-bond acceptors (Lipinski definition) is 10. The number of ether oxygens (including phenoxy) is 1. The summed E-state index contributed by atoms with van der Waals surface area (Å²) in [6.45, 7) is 6.83. The third-order valence-electron chi connectivity index (χ3n) is 6.52. The number of morpholine rings is 1. The number of imidazole rings is 1. The fourth-order valence-electron chi connectivity index (χ4n) is 4.58. The number of hydrogen-bond donors (Lipinski definition) is 2. The van der Waals surface area contributed by atoms with E-state index in [-0.39, 0.29) is 11.9 Å². The topological polar surface area (TPSA) is 140 Å². The molecule has 3 aromatic heterocycles. The zero-order valence-corrected chi connectivity index (χ0v) is 21.9. The number of amides is 1. The number of fused-ring (bicyclic) bond motifs is 1. The van der Waals surface area contributed by atoms with Gasteiger partial charge in [0.05, 0.1) is 25.3 Å². The largest absolute Gasteiger partial charge is 0.378 e. The van der Waals surface area contributed by atoms with Gasteiger partial charge in [0, 0.05) is 51.2 Å². The van der Waals surface area contributed by atoms with Gasteiger partial charge in [0.2, 0.25) is 5.95 Å². The lowest BCUT2D eigenvalue weighted by Crippen LogP contribution is -2.37. The molecule has 1 amide bonds. The number of rotatable bonds is 8. The zero-order valence-electron chi connectivity index (χ0n) is 21.9. The minimum atomic E-state index is -0.0938. The number of nitrogens with two attached hydrogens (primary N) is 1. The van der Waals surface area contributed by atoms with Gasteiger partial charge in [-0.2, -0.15) is 0 Å². The summed E-state index contributed by atoms with van der Waals surface area (Å²) in [6, 6.07) is 7.64. The Labute approximate surface area is 220 Å². The highest BCUT2D eigenvalue weighted by Gasteiger charge is 2.24. The Morgan fingerprint density at radius 2 is 1.79 bits per heavy atom. The molecule has 12 nitrogen and oxygen atoms in total. The van der Waals surface area contributed by atoms with E-state index >= 15 is 0 Å². The van der Waals surface area contributed by atoms with E-state index < -0.39 is 0 Å². The lowest BCUT2D eigenvalue weighted by atomic mass is 10.1. The van der Waals surface area contributed by atoms with Crippen molar-refractivity contribution in [3.05, 3.63) is 53.6 Å². The second-order valence-corrected chi connectivity index (χ2v) is 9.19. The molecule has 5 rings (SSSR count). The van der Waals surface area contributed by atoms with Gasteiger partial charge < -0.3 is 25.3 Å². The number of benzene rings is 1. The third-order valence-corrected chi connectivity index (χ3v) is 6.52. The maximum Gasteiger partial charge on any atom is 0.251 e. The van der Waals surface area contributed by atoms with Crippen molar-refractivity contribution in [3.63, 3.8) is 0 Å². The fourth-order valence-corrected chi connectivity index (χ4v) is 4.58. The van der Waals surface area contributed by atoms with E-state index in [0.717, 1.165) is 41.5 Å². The molecular weight excluding hydrogens is 484 g/mol. The minimum Gasteiger partial charge on any atom is -0.378 e. The van der Waals surface area contributed by atoms with E-state index in [1.807, 2.05) is 24.3 Å². The molecule has 198 valence electrons. The summed E-state index contributed by atoms with van der Waals surface area (Å²) in [5, 5.41) is 2.65. The van der Waals surface area contributed by atoms with Crippen molar-refractivity contribution >= 4 is 28.8 Å². The van der Waals surface area contributed by atoms with Crippen LogP contribution in [0, 0.1) is 0 Å². The van der Waals surface area contributed by atoms with Crippen LogP contribution < -0.4 is 16.0 Å². The van der Waals surface area contributed by atoms with E-state index in [9.17, 15) is 4.79 Å². The first-order valence-electron chi connectivity index (χ1n) is 12.6. The number of aromatic nitrogens is 6. The van der Waals surface area contributed by atoms with Crippen LogP contribution in [0.4, 0.5) is 11.8 Å². The van der Waals surface area contributed by atoms with Gasteiger partial charge in [0.1, 0.15) is 5.82 Å². The van der Waals surface area contributed by atoms with Crippen LogP contribution in [0.25, 0.3) is 22.6 Å². The lowest BCUT2D eigenvalue weighted by molar-refractivity contribution is 0.0963. The summed E-state index contributed by atoms with van der Waals surface area (Å²) < 4.78 is 7.71. The summed E-state index contributed by atoms with van der Waals surface area (Å²) in [4.78, 5) is 39.3. The molecule has 1 aromatic carbocycles. The Kier molecular flexibility index (Phi) is 7.43. The standard InChI is InChI=1S/C26H32N10O2/c1-4-36-20(16-34(3)15-17-5-7-18(8-6-17)25(37)28-2)31-21-23(35-9-11-38-12-10-35)32-22(33-24(21)36)19-13-29-26(27)30-14-19/h5-8,13-14H,4,9-12,15-16H2,1-3H3,(H,28,37)(H2,27,29,30). The molecule has 0 saturated carbocycles. The van der Waals surface area contributed by atoms with Gasteiger partial charge in [-0.3, -0.25) is 9.69 Å². The molecule has 3 N–H and O–H groups in total. The molecule has 1 aliphatic rings. The predicted molar refractivity (Wildman–Crippen MR) is 144 cm³/mol. The second-order valence-electron chi connectivity index (χ2n) is 9.19. The number of anilines is 2. The summed E-state index contributed by atoms with van der Waals surface area (Å²) in [7, 11) is 3.68. The average Bonchev–Trinajstić information content (AvgIpc) is 3.29. The Bertz CT molecular complexity index is 1410. The maximum atomic E-state index is 11.8. The van der Waals surface area contributed by atoms with Gasteiger partial charge in [0.15, 0.2) is 22.8 Å². The van der Waals surface area contributed by atoms with Crippen LogP contribution in [0.5, 0.6) is 0 Å². The van der Waals surface area contributed by atoms with Gasteiger partial charge in [-0.05, 0) is 31.7 Å². The quantitative estimate of drug-likeness (QED) is 0.356. The normalized spacial score (nSPS) is 13.8. The molecule has 0 atom stereocenters. The molecule has 0 bridgehead atoms. The Balaban J connectivity index is 1.48. The minimum absolute atomic E-state index is 0.0938. The SMILES string of the molecule is CCn1c(CN(C)Cc2ccc(C(=O)NC)cc2)nc2c(N3CCOCC3)nc(-c3cnc(N)nc3)nc21. The smallest absolute Gasteiger partial charge is 0.251 e. The summed E-state index contributed by atoms with van der Waals surface area (Å²) in [5.41, 5.74) is 9.69. The molecule has 4 aromatic rings. The van der Waals surface area contributed by atoms with Crippen LogP contribution in [0.1, 0.15) is 28.7 Å². The van der Waals surface area contributed by atoms with Gasteiger partial charge in [-0.15, -0.1) is 0 Å². The molecular formula is C26H32N10O2. The molecule has 12 heteroatoms. The first-order valence-corrected chi connectivity index (χ1v) is 12.6. The highest BCUT2D eigenvalue weighted by Crippen LogP contribution is 2.29. The first-order chi connectivity index (χ1) is 18.5. The monoisotopic (exact) mass is 516 g/mol. The van der Waals surface area contributed by atoms with E-state index in [2.05, 4.69) is 43.6 Å². The van der Waals surface area contributed by atoms with Gasteiger partial charge in [-0.1, -0.05) is 12.1 Å². The van der Waals surface area contributed by atoms with Gasteiger partial charge in [-0.25, -0.2) is 24.9 Å². The van der Waals surface area contributed by atoms with Gasteiger partial charge >= 0.3 is 0 Å². The van der Waals surface area contributed by atoms with Crippen molar-refractivity contribution in [1.29, 1.82) is 0 Å². The van der Waals surface area contributed by atoms with E-state index in [0.29, 0.717) is 49.8 Å². The molecule has 38 heavy (non-hydrogen) atoms. The Morgan fingerprint density at radius 3 is 2.45 bits per heavy atom. The van der Waals surface area contributed by atoms with Gasteiger partial charge in [0.25, 0.3) is 5.91 Å².